The molecule has 0 aliphatic carbocycles. The topological polar surface area (TPSA) is 30.3 Å². The molecule has 5 heteroatoms. The normalized spacial score (nSPS) is 15.2. The summed E-state index contributed by atoms with van der Waals surface area (Å²) in [6.07, 6.45) is 1.01. The Morgan fingerprint density at radius 3 is 2.13 bits per heavy atom. The van der Waals surface area contributed by atoms with E-state index in [1.165, 1.54) is 12.1 Å². The van der Waals surface area contributed by atoms with E-state index < -0.39 is 0 Å². The lowest BCUT2D eigenvalue weighted by atomic mass is 10.2. The summed E-state index contributed by atoms with van der Waals surface area (Å²) < 4.78 is 13.1. The summed E-state index contributed by atoms with van der Waals surface area (Å²) in [4.78, 5) is 4.54. The van der Waals surface area contributed by atoms with Gasteiger partial charge in [0.25, 0.3) is 0 Å². The summed E-state index contributed by atoms with van der Waals surface area (Å²) in [6.45, 7) is 3.59. The minimum absolute atomic E-state index is 0.211. The van der Waals surface area contributed by atoms with Gasteiger partial charge >= 0.3 is 0 Å². The molecule has 0 radical (unpaired) electrons. The van der Waals surface area contributed by atoms with Gasteiger partial charge in [-0.3, -0.25) is 0 Å². The Hall–Kier alpha value is -2.25. The van der Waals surface area contributed by atoms with Gasteiger partial charge in [-0.1, -0.05) is 11.6 Å². The number of halogens is 2. The first kappa shape index (κ1) is 15.6. The van der Waals surface area contributed by atoms with Crippen molar-refractivity contribution in [1.82, 2.24) is 0 Å². The number of hydrogen-bond donors (Lipinski definition) is 0. The van der Waals surface area contributed by atoms with Crippen molar-refractivity contribution < 1.29 is 4.39 Å². The Bertz CT molecular complexity index is 724. The van der Waals surface area contributed by atoms with Crippen LogP contribution in [0.4, 0.5) is 15.8 Å². The van der Waals surface area contributed by atoms with Crippen LogP contribution in [0.3, 0.4) is 0 Å². The summed E-state index contributed by atoms with van der Waals surface area (Å²) in [7, 11) is 0. The van der Waals surface area contributed by atoms with Crippen LogP contribution in [0.25, 0.3) is 0 Å². The Kier molecular flexibility index (Phi) is 4.68. The quantitative estimate of drug-likeness (QED) is 0.832. The van der Waals surface area contributed by atoms with Crippen molar-refractivity contribution >= 4 is 23.0 Å². The van der Waals surface area contributed by atoms with E-state index >= 15 is 0 Å². The molecule has 1 heterocycles. The smallest absolute Gasteiger partial charge is 0.123 e. The largest absolute Gasteiger partial charge is 0.370 e. The standard InChI is InChI=1S/C18H17ClFN3/c19-18-12-17(5-2-14(18)13-21)23-9-1-8-22(10-11-23)16-6-3-15(20)4-7-16/h2-7,12H,1,8-11H2. The third-order valence-electron chi connectivity index (χ3n) is 4.13. The molecule has 3 nitrogen and oxygen atoms in total. The molecule has 23 heavy (non-hydrogen) atoms. The van der Waals surface area contributed by atoms with Gasteiger partial charge in [-0.25, -0.2) is 4.39 Å². The van der Waals surface area contributed by atoms with E-state index in [1.54, 1.807) is 6.07 Å². The second-order valence-corrected chi connectivity index (χ2v) is 5.99. The Morgan fingerprint density at radius 1 is 0.913 bits per heavy atom. The number of rotatable bonds is 2. The average Bonchev–Trinajstić information content (AvgIpc) is 2.81. The van der Waals surface area contributed by atoms with E-state index in [0.29, 0.717) is 10.6 Å². The lowest BCUT2D eigenvalue weighted by Gasteiger charge is -2.25. The minimum atomic E-state index is -0.211. The third-order valence-corrected chi connectivity index (χ3v) is 4.44. The first-order valence-corrected chi connectivity index (χ1v) is 8.00. The Labute approximate surface area is 140 Å². The molecule has 0 aromatic heterocycles. The third kappa shape index (κ3) is 3.57. The first-order valence-electron chi connectivity index (χ1n) is 7.62. The van der Waals surface area contributed by atoms with Crippen LogP contribution in [-0.4, -0.2) is 26.2 Å². The molecule has 0 saturated carbocycles. The van der Waals surface area contributed by atoms with Gasteiger partial charge in [0, 0.05) is 37.6 Å². The Balaban J connectivity index is 1.72. The fourth-order valence-corrected chi connectivity index (χ4v) is 3.09. The predicted octanol–water partition coefficient (Wildman–Crippen LogP) is 4.07. The van der Waals surface area contributed by atoms with Crippen molar-refractivity contribution in [2.75, 3.05) is 36.0 Å². The van der Waals surface area contributed by atoms with Crippen LogP contribution in [0, 0.1) is 17.1 Å². The van der Waals surface area contributed by atoms with Crippen molar-refractivity contribution in [2.45, 2.75) is 6.42 Å². The molecule has 1 fully saturated rings. The van der Waals surface area contributed by atoms with E-state index in [0.717, 1.165) is 44.0 Å². The summed E-state index contributed by atoms with van der Waals surface area (Å²) in [5.74, 6) is -0.211. The summed E-state index contributed by atoms with van der Waals surface area (Å²) in [6, 6.07) is 14.3. The maximum absolute atomic E-state index is 13.1. The van der Waals surface area contributed by atoms with Gasteiger partial charge in [-0.15, -0.1) is 0 Å². The van der Waals surface area contributed by atoms with Gasteiger partial charge in [0.15, 0.2) is 0 Å². The zero-order valence-electron chi connectivity index (χ0n) is 12.7. The number of hydrogen-bond acceptors (Lipinski definition) is 3. The maximum atomic E-state index is 13.1. The lowest BCUT2D eigenvalue weighted by molar-refractivity contribution is 0.627. The van der Waals surface area contributed by atoms with Crippen molar-refractivity contribution in [3.63, 3.8) is 0 Å². The fraction of sp³-hybridized carbons (Fsp3) is 0.278. The second kappa shape index (κ2) is 6.89. The van der Waals surface area contributed by atoms with Crippen LogP contribution in [0.2, 0.25) is 5.02 Å². The van der Waals surface area contributed by atoms with Crippen LogP contribution in [0.1, 0.15) is 12.0 Å². The molecule has 1 saturated heterocycles. The van der Waals surface area contributed by atoms with Gasteiger partial charge in [-0.2, -0.15) is 5.26 Å². The molecule has 1 aliphatic rings. The van der Waals surface area contributed by atoms with Crippen molar-refractivity contribution in [3.05, 3.63) is 58.9 Å². The van der Waals surface area contributed by atoms with Gasteiger partial charge in [-0.05, 0) is 48.9 Å². The number of nitrogens with zero attached hydrogens (tertiary/aromatic N) is 3. The van der Waals surface area contributed by atoms with Crippen LogP contribution < -0.4 is 9.80 Å². The van der Waals surface area contributed by atoms with E-state index in [9.17, 15) is 4.39 Å². The summed E-state index contributed by atoms with van der Waals surface area (Å²) in [5, 5.41) is 9.45. The van der Waals surface area contributed by atoms with E-state index in [-0.39, 0.29) is 5.82 Å². The van der Waals surface area contributed by atoms with Crippen LogP contribution in [-0.2, 0) is 0 Å². The minimum Gasteiger partial charge on any atom is -0.370 e. The molecule has 1 aliphatic heterocycles. The molecule has 118 valence electrons. The highest BCUT2D eigenvalue weighted by atomic mass is 35.5. The molecular weight excluding hydrogens is 313 g/mol. The van der Waals surface area contributed by atoms with Gasteiger partial charge in [0.05, 0.1) is 10.6 Å². The van der Waals surface area contributed by atoms with Crippen molar-refractivity contribution in [2.24, 2.45) is 0 Å². The van der Waals surface area contributed by atoms with E-state index in [2.05, 4.69) is 15.9 Å². The number of nitriles is 1. The van der Waals surface area contributed by atoms with Gasteiger partial charge in [0.1, 0.15) is 11.9 Å². The van der Waals surface area contributed by atoms with Crippen LogP contribution >= 0.6 is 11.6 Å². The molecule has 3 rings (SSSR count). The molecule has 0 spiro atoms. The summed E-state index contributed by atoms with van der Waals surface area (Å²) >= 11 is 6.13. The SMILES string of the molecule is N#Cc1ccc(N2CCCN(c3ccc(F)cc3)CC2)cc1Cl. The zero-order valence-corrected chi connectivity index (χ0v) is 13.4. The monoisotopic (exact) mass is 329 g/mol. The predicted molar refractivity (Wildman–Crippen MR) is 91.6 cm³/mol. The number of benzene rings is 2. The second-order valence-electron chi connectivity index (χ2n) is 5.58. The Morgan fingerprint density at radius 2 is 1.52 bits per heavy atom. The highest BCUT2D eigenvalue weighted by Crippen LogP contribution is 2.25. The van der Waals surface area contributed by atoms with Crippen molar-refractivity contribution in [1.29, 1.82) is 5.26 Å². The molecule has 0 amide bonds. The zero-order chi connectivity index (χ0) is 16.2. The molecule has 2 aromatic carbocycles. The van der Waals surface area contributed by atoms with Crippen LogP contribution in [0.5, 0.6) is 0 Å². The highest BCUT2D eigenvalue weighted by Gasteiger charge is 2.16. The van der Waals surface area contributed by atoms with Gasteiger partial charge in [0.2, 0.25) is 0 Å². The maximum Gasteiger partial charge on any atom is 0.123 e. The summed E-state index contributed by atoms with van der Waals surface area (Å²) in [5.41, 5.74) is 2.58. The fourth-order valence-electron chi connectivity index (χ4n) is 2.88. The van der Waals surface area contributed by atoms with E-state index in [4.69, 9.17) is 16.9 Å². The molecular formula is C18H17ClFN3. The molecule has 0 atom stereocenters. The average molecular weight is 330 g/mol. The van der Waals surface area contributed by atoms with Crippen LogP contribution in [0.15, 0.2) is 42.5 Å². The number of anilines is 2. The molecule has 0 unspecified atom stereocenters. The highest BCUT2D eigenvalue weighted by molar-refractivity contribution is 6.32. The van der Waals surface area contributed by atoms with E-state index in [1.807, 2.05) is 24.3 Å². The first-order chi connectivity index (χ1) is 11.2. The molecule has 0 bridgehead atoms. The lowest BCUT2D eigenvalue weighted by Crippen LogP contribution is -2.30. The van der Waals surface area contributed by atoms with Crippen molar-refractivity contribution in [3.8, 4) is 6.07 Å². The van der Waals surface area contributed by atoms with Gasteiger partial charge < -0.3 is 9.80 Å². The molecule has 2 aromatic rings. The molecule has 0 N–H and O–H groups in total.